The molecule has 1 heterocycles. The third-order valence-corrected chi connectivity index (χ3v) is 3.20. The van der Waals surface area contributed by atoms with Gasteiger partial charge >= 0.3 is 0 Å². The van der Waals surface area contributed by atoms with E-state index < -0.39 is 0 Å². The predicted octanol–water partition coefficient (Wildman–Crippen LogP) is 2.27. The fourth-order valence-electron chi connectivity index (χ4n) is 1.78. The number of methoxy groups -OCH3 is 1. The van der Waals surface area contributed by atoms with Gasteiger partial charge in [0, 0.05) is 37.4 Å². The number of ether oxygens (including phenoxy) is 1. The molecule has 0 radical (unpaired) electrons. The normalized spacial score (nSPS) is 10.2. The van der Waals surface area contributed by atoms with Gasteiger partial charge in [-0.1, -0.05) is 0 Å². The number of nitrogens with zero attached hydrogens (tertiary/aromatic N) is 3. The van der Waals surface area contributed by atoms with Crippen LogP contribution in [0.3, 0.4) is 0 Å². The number of carbonyl (C=O) groups excluding carboxylic acids is 1. The van der Waals surface area contributed by atoms with Crippen LogP contribution in [0.1, 0.15) is 23.8 Å². The highest BCUT2D eigenvalue weighted by Gasteiger charge is 2.19. The number of halogens is 1. The molecular weight excluding hydrogens is 310 g/mol. The number of aromatic nitrogens is 1. The number of aryl methyl sites for hydroxylation is 1. The summed E-state index contributed by atoms with van der Waals surface area (Å²) < 4.78 is 7.77. The molecule has 0 fully saturated rings. The SMILES string of the molecule is CCn1cc(Br)cc1C(=O)N(CCC#N)CCOC. The smallest absolute Gasteiger partial charge is 0.270 e. The third kappa shape index (κ3) is 4.37. The Kier molecular flexibility index (Phi) is 6.60. The monoisotopic (exact) mass is 327 g/mol. The lowest BCUT2D eigenvalue weighted by Crippen LogP contribution is -2.35. The molecule has 19 heavy (non-hydrogen) atoms. The molecular formula is C13H18BrN3O2. The summed E-state index contributed by atoms with van der Waals surface area (Å²) in [5, 5.41) is 8.67. The van der Waals surface area contributed by atoms with Crippen molar-refractivity contribution in [1.82, 2.24) is 9.47 Å². The fourth-order valence-corrected chi connectivity index (χ4v) is 2.24. The van der Waals surface area contributed by atoms with E-state index in [0.29, 0.717) is 31.8 Å². The summed E-state index contributed by atoms with van der Waals surface area (Å²) in [6.07, 6.45) is 2.20. The highest BCUT2D eigenvalue weighted by Crippen LogP contribution is 2.17. The molecule has 0 saturated carbocycles. The summed E-state index contributed by atoms with van der Waals surface area (Å²) in [4.78, 5) is 14.1. The van der Waals surface area contributed by atoms with Gasteiger partial charge in [0.15, 0.2) is 0 Å². The average molecular weight is 328 g/mol. The van der Waals surface area contributed by atoms with Crippen molar-refractivity contribution in [1.29, 1.82) is 5.26 Å². The number of amides is 1. The summed E-state index contributed by atoms with van der Waals surface area (Å²) in [5.41, 5.74) is 0.628. The van der Waals surface area contributed by atoms with Gasteiger partial charge in [0.2, 0.25) is 0 Å². The van der Waals surface area contributed by atoms with Crippen LogP contribution >= 0.6 is 15.9 Å². The number of nitriles is 1. The standard InChI is InChI=1S/C13H18BrN3O2/c1-3-16-10-11(14)9-12(16)13(18)17(6-4-5-15)7-8-19-2/h9-10H,3-4,6-8H2,1-2H3. The van der Waals surface area contributed by atoms with Gasteiger partial charge < -0.3 is 14.2 Å². The van der Waals surface area contributed by atoms with Gasteiger partial charge in [-0.2, -0.15) is 5.26 Å². The van der Waals surface area contributed by atoms with E-state index in [1.165, 1.54) is 0 Å². The molecule has 0 unspecified atom stereocenters. The first-order chi connectivity index (χ1) is 9.13. The Bertz CT molecular complexity index is 465. The summed E-state index contributed by atoms with van der Waals surface area (Å²) in [5.74, 6) is -0.0696. The van der Waals surface area contributed by atoms with Gasteiger partial charge in [0.1, 0.15) is 5.69 Å². The van der Waals surface area contributed by atoms with Crippen molar-refractivity contribution in [2.75, 3.05) is 26.8 Å². The number of hydrogen-bond acceptors (Lipinski definition) is 3. The predicted molar refractivity (Wildman–Crippen MR) is 75.8 cm³/mol. The second-order valence-corrected chi connectivity index (χ2v) is 4.94. The van der Waals surface area contributed by atoms with E-state index >= 15 is 0 Å². The van der Waals surface area contributed by atoms with Gasteiger partial charge in [0.25, 0.3) is 5.91 Å². The van der Waals surface area contributed by atoms with Gasteiger partial charge in [-0.3, -0.25) is 4.79 Å². The molecule has 1 amide bonds. The Labute approximate surface area is 121 Å². The van der Waals surface area contributed by atoms with Crippen molar-refractivity contribution < 1.29 is 9.53 Å². The van der Waals surface area contributed by atoms with E-state index in [-0.39, 0.29) is 5.91 Å². The lowest BCUT2D eigenvalue weighted by atomic mass is 10.3. The first-order valence-electron chi connectivity index (χ1n) is 6.14. The van der Waals surface area contributed by atoms with Crippen molar-refractivity contribution in [2.45, 2.75) is 19.9 Å². The number of carbonyl (C=O) groups is 1. The maximum absolute atomic E-state index is 12.5. The van der Waals surface area contributed by atoms with Crippen LogP contribution in [-0.4, -0.2) is 42.2 Å². The van der Waals surface area contributed by atoms with E-state index in [0.717, 1.165) is 11.0 Å². The van der Waals surface area contributed by atoms with Crippen molar-refractivity contribution in [3.05, 3.63) is 22.4 Å². The Morgan fingerprint density at radius 1 is 1.58 bits per heavy atom. The van der Waals surface area contributed by atoms with Gasteiger partial charge in [-0.15, -0.1) is 0 Å². The van der Waals surface area contributed by atoms with Crippen LogP contribution in [0.15, 0.2) is 16.7 Å². The first-order valence-corrected chi connectivity index (χ1v) is 6.94. The van der Waals surface area contributed by atoms with Crippen LogP contribution in [-0.2, 0) is 11.3 Å². The molecule has 1 rings (SSSR count). The van der Waals surface area contributed by atoms with Gasteiger partial charge in [0.05, 0.1) is 19.1 Å². The third-order valence-electron chi connectivity index (χ3n) is 2.77. The summed E-state index contributed by atoms with van der Waals surface area (Å²) in [6, 6.07) is 3.87. The molecule has 1 aromatic heterocycles. The molecule has 0 N–H and O–H groups in total. The molecule has 0 aliphatic rings. The molecule has 0 atom stereocenters. The summed E-state index contributed by atoms with van der Waals surface area (Å²) in [6.45, 7) is 4.08. The molecule has 5 nitrogen and oxygen atoms in total. The lowest BCUT2D eigenvalue weighted by molar-refractivity contribution is 0.0689. The minimum Gasteiger partial charge on any atom is -0.383 e. The second-order valence-electron chi connectivity index (χ2n) is 4.02. The van der Waals surface area contributed by atoms with Crippen LogP contribution < -0.4 is 0 Å². The molecule has 0 spiro atoms. The van der Waals surface area contributed by atoms with E-state index in [1.54, 1.807) is 18.1 Å². The minimum atomic E-state index is -0.0696. The Morgan fingerprint density at radius 3 is 2.89 bits per heavy atom. The van der Waals surface area contributed by atoms with E-state index in [4.69, 9.17) is 10.00 Å². The minimum absolute atomic E-state index is 0.0696. The molecule has 0 aliphatic heterocycles. The summed E-state index contributed by atoms with van der Waals surface area (Å²) in [7, 11) is 1.60. The van der Waals surface area contributed by atoms with Crippen molar-refractivity contribution >= 4 is 21.8 Å². The van der Waals surface area contributed by atoms with Crippen LogP contribution in [0.4, 0.5) is 0 Å². The quantitative estimate of drug-likeness (QED) is 0.771. The van der Waals surface area contributed by atoms with Crippen LogP contribution in [0.5, 0.6) is 0 Å². The molecule has 0 aliphatic carbocycles. The second kappa shape index (κ2) is 7.97. The number of hydrogen-bond donors (Lipinski definition) is 0. The molecule has 1 aromatic rings. The van der Waals surface area contributed by atoms with Crippen LogP contribution in [0.2, 0.25) is 0 Å². The zero-order valence-electron chi connectivity index (χ0n) is 11.2. The maximum Gasteiger partial charge on any atom is 0.270 e. The largest absolute Gasteiger partial charge is 0.383 e. The fraction of sp³-hybridized carbons (Fsp3) is 0.538. The van der Waals surface area contributed by atoms with Crippen molar-refractivity contribution in [2.24, 2.45) is 0 Å². The van der Waals surface area contributed by atoms with E-state index in [2.05, 4.69) is 22.0 Å². The first kappa shape index (κ1) is 15.7. The Hall–Kier alpha value is -1.32. The molecule has 6 heteroatoms. The Morgan fingerprint density at radius 2 is 2.32 bits per heavy atom. The molecule has 0 aromatic carbocycles. The zero-order valence-corrected chi connectivity index (χ0v) is 12.8. The van der Waals surface area contributed by atoms with Crippen LogP contribution in [0.25, 0.3) is 0 Å². The van der Waals surface area contributed by atoms with Gasteiger partial charge in [-0.25, -0.2) is 0 Å². The maximum atomic E-state index is 12.5. The number of rotatable bonds is 7. The summed E-state index contributed by atoms with van der Waals surface area (Å²) >= 11 is 3.38. The zero-order chi connectivity index (χ0) is 14.3. The molecule has 104 valence electrons. The highest BCUT2D eigenvalue weighted by molar-refractivity contribution is 9.10. The highest BCUT2D eigenvalue weighted by atomic mass is 79.9. The van der Waals surface area contributed by atoms with Gasteiger partial charge in [-0.05, 0) is 28.9 Å². The van der Waals surface area contributed by atoms with E-state index in [1.807, 2.05) is 17.7 Å². The Balaban J connectivity index is 2.87. The average Bonchev–Trinajstić information content (AvgIpc) is 2.79. The van der Waals surface area contributed by atoms with E-state index in [9.17, 15) is 4.79 Å². The van der Waals surface area contributed by atoms with Crippen molar-refractivity contribution in [3.8, 4) is 6.07 Å². The topological polar surface area (TPSA) is 58.3 Å². The molecule has 0 saturated heterocycles. The molecule has 0 bridgehead atoms. The van der Waals surface area contributed by atoms with Crippen LogP contribution in [0, 0.1) is 11.3 Å². The van der Waals surface area contributed by atoms with Crippen molar-refractivity contribution in [3.63, 3.8) is 0 Å². The lowest BCUT2D eigenvalue weighted by Gasteiger charge is -2.21.